The molecule has 0 saturated heterocycles. The van der Waals surface area contributed by atoms with Gasteiger partial charge in [0.1, 0.15) is 5.75 Å². The molecule has 2 aromatic rings. The van der Waals surface area contributed by atoms with Crippen molar-refractivity contribution in [3.63, 3.8) is 0 Å². The van der Waals surface area contributed by atoms with Gasteiger partial charge >= 0.3 is 0 Å². The fourth-order valence-corrected chi connectivity index (χ4v) is 3.11. The number of hydrogen-bond donors (Lipinski definition) is 1. The highest BCUT2D eigenvalue weighted by atomic mass is 79.9. The van der Waals surface area contributed by atoms with Gasteiger partial charge in [-0.2, -0.15) is 0 Å². The Bertz CT molecular complexity index is 537. The molecule has 0 aliphatic rings. The second kappa shape index (κ2) is 5.87. The monoisotopic (exact) mass is 369 g/mol. The van der Waals surface area contributed by atoms with Gasteiger partial charge in [0.05, 0.1) is 13.2 Å². The van der Waals surface area contributed by atoms with Crippen molar-refractivity contribution < 1.29 is 4.74 Å². The number of nitrogens with two attached hydrogens (primary N) is 1. The van der Waals surface area contributed by atoms with Crippen molar-refractivity contribution in [1.82, 2.24) is 0 Å². The third-order valence-electron chi connectivity index (χ3n) is 2.70. The zero-order chi connectivity index (χ0) is 13.1. The molecule has 1 atom stereocenters. The van der Waals surface area contributed by atoms with Crippen molar-refractivity contribution >= 4 is 31.9 Å². The zero-order valence-electron chi connectivity index (χ0n) is 9.86. The Morgan fingerprint density at radius 3 is 2.28 bits per heavy atom. The van der Waals surface area contributed by atoms with E-state index in [1.807, 2.05) is 42.5 Å². The van der Waals surface area contributed by atoms with Gasteiger partial charge in [0.25, 0.3) is 0 Å². The Hall–Kier alpha value is -0.840. The van der Waals surface area contributed by atoms with Gasteiger partial charge < -0.3 is 10.5 Å². The Balaban J connectivity index is 2.37. The molecule has 94 valence electrons. The standard InChI is InChI=1S/C14H13Br2NO/c1-18-13-4-2-3-9(7-13)14(17)10-5-11(15)8-12(16)6-10/h2-8,14H,17H2,1H3. The first-order chi connectivity index (χ1) is 8.60. The van der Waals surface area contributed by atoms with E-state index >= 15 is 0 Å². The normalized spacial score (nSPS) is 12.2. The minimum absolute atomic E-state index is 0.172. The van der Waals surface area contributed by atoms with Crippen molar-refractivity contribution in [1.29, 1.82) is 0 Å². The molecule has 0 aromatic heterocycles. The molecule has 0 aliphatic carbocycles. The predicted octanol–water partition coefficient (Wildman–Crippen LogP) is 4.27. The number of methoxy groups -OCH3 is 1. The summed E-state index contributed by atoms with van der Waals surface area (Å²) in [6.45, 7) is 0. The van der Waals surface area contributed by atoms with Gasteiger partial charge in [-0.15, -0.1) is 0 Å². The summed E-state index contributed by atoms with van der Waals surface area (Å²) in [6.07, 6.45) is 0. The lowest BCUT2D eigenvalue weighted by atomic mass is 9.99. The van der Waals surface area contributed by atoms with Gasteiger partial charge in [0, 0.05) is 8.95 Å². The van der Waals surface area contributed by atoms with Crippen LogP contribution in [0.2, 0.25) is 0 Å². The van der Waals surface area contributed by atoms with Crippen LogP contribution in [0, 0.1) is 0 Å². The molecule has 0 fully saturated rings. The lowest BCUT2D eigenvalue weighted by Gasteiger charge is -2.14. The Morgan fingerprint density at radius 1 is 1.00 bits per heavy atom. The number of ether oxygens (including phenoxy) is 1. The SMILES string of the molecule is COc1cccc(C(N)c2cc(Br)cc(Br)c2)c1. The van der Waals surface area contributed by atoms with E-state index in [0.717, 1.165) is 25.8 Å². The second-order valence-corrected chi connectivity index (χ2v) is 5.79. The van der Waals surface area contributed by atoms with Gasteiger partial charge in [0.15, 0.2) is 0 Å². The summed E-state index contributed by atoms with van der Waals surface area (Å²) in [6, 6.07) is 13.7. The first-order valence-electron chi connectivity index (χ1n) is 5.45. The van der Waals surface area contributed by atoms with Crippen molar-refractivity contribution in [2.24, 2.45) is 5.73 Å². The fourth-order valence-electron chi connectivity index (χ4n) is 1.78. The molecular formula is C14H13Br2NO. The van der Waals surface area contributed by atoms with Gasteiger partial charge in [-0.1, -0.05) is 44.0 Å². The Labute approximate surface area is 123 Å². The molecule has 0 aliphatic heterocycles. The molecule has 0 saturated carbocycles. The summed E-state index contributed by atoms with van der Waals surface area (Å²) >= 11 is 6.94. The first kappa shape index (κ1) is 13.6. The van der Waals surface area contributed by atoms with Crippen LogP contribution in [0.5, 0.6) is 5.75 Å². The molecule has 0 heterocycles. The van der Waals surface area contributed by atoms with E-state index in [1.54, 1.807) is 7.11 Å². The minimum atomic E-state index is -0.172. The topological polar surface area (TPSA) is 35.2 Å². The highest BCUT2D eigenvalue weighted by Crippen LogP contribution is 2.28. The molecule has 18 heavy (non-hydrogen) atoms. The maximum atomic E-state index is 6.28. The smallest absolute Gasteiger partial charge is 0.119 e. The van der Waals surface area contributed by atoms with E-state index < -0.39 is 0 Å². The summed E-state index contributed by atoms with van der Waals surface area (Å²) < 4.78 is 7.22. The fraction of sp³-hybridized carbons (Fsp3) is 0.143. The predicted molar refractivity (Wildman–Crippen MR) is 80.9 cm³/mol. The van der Waals surface area contributed by atoms with Gasteiger partial charge in [-0.05, 0) is 41.5 Å². The minimum Gasteiger partial charge on any atom is -0.497 e. The molecule has 0 spiro atoms. The third kappa shape index (κ3) is 3.13. The Morgan fingerprint density at radius 2 is 1.67 bits per heavy atom. The van der Waals surface area contributed by atoms with E-state index in [2.05, 4.69) is 31.9 Å². The molecule has 2 aromatic carbocycles. The highest BCUT2D eigenvalue weighted by Gasteiger charge is 2.11. The van der Waals surface area contributed by atoms with Crippen molar-refractivity contribution in [2.75, 3.05) is 7.11 Å². The van der Waals surface area contributed by atoms with Crippen LogP contribution in [0.3, 0.4) is 0 Å². The lowest BCUT2D eigenvalue weighted by Crippen LogP contribution is -2.11. The largest absolute Gasteiger partial charge is 0.497 e. The van der Waals surface area contributed by atoms with Gasteiger partial charge in [-0.25, -0.2) is 0 Å². The van der Waals surface area contributed by atoms with E-state index in [4.69, 9.17) is 10.5 Å². The van der Waals surface area contributed by atoms with E-state index in [1.165, 1.54) is 0 Å². The summed E-state index contributed by atoms with van der Waals surface area (Å²) in [5.74, 6) is 0.817. The van der Waals surface area contributed by atoms with Crippen molar-refractivity contribution in [3.8, 4) is 5.75 Å². The quantitative estimate of drug-likeness (QED) is 0.875. The number of halogens is 2. The average Bonchev–Trinajstić information content (AvgIpc) is 2.37. The van der Waals surface area contributed by atoms with E-state index in [0.29, 0.717) is 0 Å². The molecule has 0 bridgehead atoms. The van der Waals surface area contributed by atoms with Crippen LogP contribution < -0.4 is 10.5 Å². The second-order valence-electron chi connectivity index (χ2n) is 3.96. The summed E-state index contributed by atoms with van der Waals surface area (Å²) in [4.78, 5) is 0. The molecule has 1 unspecified atom stereocenters. The zero-order valence-corrected chi connectivity index (χ0v) is 13.0. The maximum absolute atomic E-state index is 6.28. The third-order valence-corrected chi connectivity index (χ3v) is 3.61. The van der Waals surface area contributed by atoms with Crippen LogP contribution in [-0.4, -0.2) is 7.11 Å². The van der Waals surface area contributed by atoms with Crippen LogP contribution in [0.4, 0.5) is 0 Å². The molecule has 0 amide bonds. The van der Waals surface area contributed by atoms with Crippen LogP contribution >= 0.6 is 31.9 Å². The number of hydrogen-bond acceptors (Lipinski definition) is 2. The lowest BCUT2D eigenvalue weighted by molar-refractivity contribution is 0.414. The number of rotatable bonds is 3. The molecule has 0 radical (unpaired) electrons. The molecule has 4 heteroatoms. The van der Waals surface area contributed by atoms with Crippen molar-refractivity contribution in [2.45, 2.75) is 6.04 Å². The molecule has 2 nitrogen and oxygen atoms in total. The summed E-state index contributed by atoms with van der Waals surface area (Å²) in [5, 5.41) is 0. The van der Waals surface area contributed by atoms with Gasteiger partial charge in [-0.3, -0.25) is 0 Å². The van der Waals surface area contributed by atoms with Crippen LogP contribution in [-0.2, 0) is 0 Å². The van der Waals surface area contributed by atoms with Crippen molar-refractivity contribution in [3.05, 3.63) is 62.5 Å². The van der Waals surface area contributed by atoms with Crippen LogP contribution in [0.25, 0.3) is 0 Å². The molecule has 2 rings (SSSR count). The highest BCUT2D eigenvalue weighted by molar-refractivity contribution is 9.11. The summed E-state index contributed by atoms with van der Waals surface area (Å²) in [5.41, 5.74) is 8.35. The molecular weight excluding hydrogens is 358 g/mol. The van der Waals surface area contributed by atoms with E-state index in [-0.39, 0.29) is 6.04 Å². The van der Waals surface area contributed by atoms with Gasteiger partial charge in [0.2, 0.25) is 0 Å². The average molecular weight is 371 g/mol. The number of benzene rings is 2. The molecule has 2 N–H and O–H groups in total. The summed E-state index contributed by atoms with van der Waals surface area (Å²) in [7, 11) is 1.65. The Kier molecular flexibility index (Phi) is 4.43. The van der Waals surface area contributed by atoms with E-state index in [9.17, 15) is 0 Å². The maximum Gasteiger partial charge on any atom is 0.119 e. The van der Waals surface area contributed by atoms with Crippen LogP contribution in [0.15, 0.2) is 51.4 Å². The van der Waals surface area contributed by atoms with Crippen LogP contribution in [0.1, 0.15) is 17.2 Å². The first-order valence-corrected chi connectivity index (χ1v) is 7.04.